The lowest BCUT2D eigenvalue weighted by Gasteiger charge is -2.08. The Labute approximate surface area is 113 Å². The Morgan fingerprint density at radius 2 is 2.15 bits per heavy atom. The van der Waals surface area contributed by atoms with E-state index < -0.39 is 11.6 Å². The molecular weight excluding hydrogens is 262 g/mol. The van der Waals surface area contributed by atoms with Crippen LogP contribution in [0.25, 0.3) is 12.7 Å². The van der Waals surface area contributed by atoms with Crippen molar-refractivity contribution in [2.24, 2.45) is 0 Å². The summed E-state index contributed by atoms with van der Waals surface area (Å²) in [5.74, 6) is 0.264. The molecule has 0 unspecified atom stereocenters. The summed E-state index contributed by atoms with van der Waals surface area (Å²) in [6.45, 7) is 4.80. The van der Waals surface area contributed by atoms with Crippen LogP contribution in [0.4, 0.5) is 0 Å². The van der Waals surface area contributed by atoms with Gasteiger partial charge in [0.25, 0.3) is 0 Å². The van der Waals surface area contributed by atoms with Crippen molar-refractivity contribution in [3.05, 3.63) is 45.1 Å². The lowest BCUT2D eigenvalue weighted by atomic mass is 10.2. The zero-order valence-corrected chi connectivity index (χ0v) is 11.1. The molecule has 2 aromatic rings. The van der Waals surface area contributed by atoms with Crippen LogP contribution in [0.2, 0.25) is 0 Å². The molecule has 0 spiro atoms. The van der Waals surface area contributed by atoms with Crippen LogP contribution in [-0.4, -0.2) is 18.1 Å². The molecule has 0 saturated heterocycles. The summed E-state index contributed by atoms with van der Waals surface area (Å²) in [6.07, 6.45) is 1.58. The van der Waals surface area contributed by atoms with Crippen LogP contribution in [0.5, 0.6) is 11.5 Å². The van der Waals surface area contributed by atoms with Gasteiger partial charge in [0.1, 0.15) is 5.35 Å². The summed E-state index contributed by atoms with van der Waals surface area (Å²) >= 11 is 0. The zero-order chi connectivity index (χ0) is 14.7. The summed E-state index contributed by atoms with van der Waals surface area (Å²) in [5, 5.41) is 0.275. The number of carbonyl (C=O) groups excluding carboxylic acids is 1. The highest BCUT2D eigenvalue weighted by molar-refractivity contribution is 5.71. The number of rotatable bonds is 3. The van der Waals surface area contributed by atoms with E-state index in [0.29, 0.717) is 17.1 Å². The molecule has 2 rings (SSSR count). The van der Waals surface area contributed by atoms with Crippen molar-refractivity contribution in [1.82, 2.24) is 4.98 Å². The molecular formula is C14H13NO5. The maximum absolute atomic E-state index is 11.4. The van der Waals surface area contributed by atoms with Crippen LogP contribution in [0.3, 0.4) is 0 Å². The van der Waals surface area contributed by atoms with Crippen LogP contribution >= 0.6 is 0 Å². The number of aromatic nitrogens is 1. The Hall–Kier alpha value is -2.76. The van der Waals surface area contributed by atoms with Gasteiger partial charge >= 0.3 is 11.6 Å². The molecule has 1 aromatic heterocycles. The molecule has 20 heavy (non-hydrogen) atoms. The van der Waals surface area contributed by atoms with E-state index in [1.807, 2.05) is 0 Å². The summed E-state index contributed by atoms with van der Waals surface area (Å²) in [6, 6.07) is 4.91. The van der Waals surface area contributed by atoms with E-state index >= 15 is 0 Å². The molecule has 0 atom stereocenters. The minimum atomic E-state index is -0.502. The number of esters is 1. The van der Waals surface area contributed by atoms with Crippen molar-refractivity contribution in [3.63, 3.8) is 0 Å². The second kappa shape index (κ2) is 5.48. The molecule has 0 aliphatic carbocycles. The van der Waals surface area contributed by atoms with E-state index in [2.05, 4.69) is 11.6 Å². The van der Waals surface area contributed by atoms with Gasteiger partial charge in [-0.25, -0.2) is 4.79 Å². The highest BCUT2D eigenvalue weighted by Crippen LogP contribution is 2.28. The maximum atomic E-state index is 11.4. The van der Waals surface area contributed by atoms with Gasteiger partial charge in [-0.1, -0.05) is 6.07 Å². The first kappa shape index (κ1) is 13.7. The molecule has 6 heteroatoms. The Kier molecular flexibility index (Phi) is 3.74. The third-order valence-corrected chi connectivity index (χ3v) is 2.46. The molecule has 0 aliphatic heterocycles. The number of carbonyl (C=O) groups is 1. The summed E-state index contributed by atoms with van der Waals surface area (Å²) < 4.78 is 14.9. The predicted molar refractivity (Wildman–Crippen MR) is 72.0 cm³/mol. The Morgan fingerprint density at radius 3 is 2.70 bits per heavy atom. The van der Waals surface area contributed by atoms with Crippen molar-refractivity contribution in [2.45, 2.75) is 6.92 Å². The molecule has 1 N–H and O–H groups in total. The maximum Gasteiger partial charge on any atom is 0.361 e. The van der Waals surface area contributed by atoms with Crippen molar-refractivity contribution in [3.8, 4) is 11.5 Å². The van der Waals surface area contributed by atoms with E-state index in [1.165, 1.54) is 14.0 Å². The number of methoxy groups -OCH3 is 1. The molecule has 0 aliphatic rings. The smallest absolute Gasteiger partial charge is 0.361 e. The third kappa shape index (κ3) is 2.97. The van der Waals surface area contributed by atoms with Crippen LogP contribution in [0.1, 0.15) is 12.5 Å². The number of H-pyrrole nitrogens is 1. The quantitative estimate of drug-likeness (QED) is 0.636. The van der Waals surface area contributed by atoms with Crippen molar-refractivity contribution in [2.75, 3.05) is 7.11 Å². The first-order chi connectivity index (χ1) is 9.49. The second-order valence-corrected chi connectivity index (χ2v) is 4.00. The number of ether oxygens (including phenoxy) is 2. The minimum Gasteiger partial charge on any atom is -0.493 e. The summed E-state index contributed by atoms with van der Waals surface area (Å²) in [5.41, 5.74) is 0.370. The first-order valence-electron chi connectivity index (χ1n) is 5.76. The van der Waals surface area contributed by atoms with Gasteiger partial charge in [0, 0.05) is 6.92 Å². The van der Waals surface area contributed by atoms with Gasteiger partial charge in [-0.15, -0.1) is 0 Å². The molecule has 1 heterocycles. The highest BCUT2D eigenvalue weighted by Gasteiger charge is 2.07. The van der Waals surface area contributed by atoms with Gasteiger partial charge in [-0.2, -0.15) is 0 Å². The average molecular weight is 275 g/mol. The van der Waals surface area contributed by atoms with Crippen LogP contribution in [-0.2, 0) is 4.79 Å². The third-order valence-electron chi connectivity index (χ3n) is 2.46. The molecule has 104 valence electrons. The number of aromatic amines is 1. The minimum absolute atomic E-state index is 0.185. The molecule has 6 nitrogen and oxygen atoms in total. The summed E-state index contributed by atoms with van der Waals surface area (Å²) in [4.78, 5) is 25.1. The largest absolute Gasteiger partial charge is 0.493 e. The topological polar surface area (TPSA) is 81.5 Å². The Balaban J connectivity index is 2.47. The monoisotopic (exact) mass is 275 g/mol. The number of hydrogen-bond acceptors (Lipinski definition) is 5. The van der Waals surface area contributed by atoms with E-state index in [0.717, 1.165) is 0 Å². The molecule has 0 saturated carbocycles. The van der Waals surface area contributed by atoms with Crippen molar-refractivity contribution < 1.29 is 18.7 Å². The molecule has 0 fully saturated rings. The standard InChI is InChI=1S/C14H13NO5/c1-8-15-11(14(17)19-8)6-10-4-5-12(20-9(2)16)13(7-10)18-3/h4-7,15H,1H2,2-3H3. The number of oxazole rings is 1. The predicted octanol–water partition coefficient (Wildman–Crippen LogP) is 0.141. The summed E-state index contributed by atoms with van der Waals surface area (Å²) in [7, 11) is 1.46. The van der Waals surface area contributed by atoms with Crippen LogP contribution in [0.15, 0.2) is 27.4 Å². The zero-order valence-electron chi connectivity index (χ0n) is 11.1. The Morgan fingerprint density at radius 1 is 1.40 bits per heavy atom. The molecule has 0 radical (unpaired) electrons. The van der Waals surface area contributed by atoms with E-state index in [9.17, 15) is 9.59 Å². The number of nitrogens with one attached hydrogen (secondary N) is 1. The van der Waals surface area contributed by atoms with E-state index in [1.54, 1.807) is 24.3 Å². The molecule has 0 bridgehead atoms. The normalized spacial score (nSPS) is 11.4. The fraction of sp³-hybridized carbons (Fsp3) is 0.143. The van der Waals surface area contributed by atoms with Gasteiger partial charge in [0.05, 0.1) is 7.11 Å². The van der Waals surface area contributed by atoms with Gasteiger partial charge in [-0.3, -0.25) is 4.79 Å². The lowest BCUT2D eigenvalue weighted by Crippen LogP contribution is -2.21. The number of hydrogen-bond donors (Lipinski definition) is 1. The first-order valence-corrected chi connectivity index (χ1v) is 5.76. The highest BCUT2D eigenvalue weighted by atomic mass is 16.6. The van der Waals surface area contributed by atoms with Crippen molar-refractivity contribution >= 4 is 18.6 Å². The van der Waals surface area contributed by atoms with Crippen LogP contribution in [0, 0.1) is 0 Å². The molecule has 0 amide bonds. The fourth-order valence-corrected chi connectivity index (χ4v) is 1.67. The average Bonchev–Trinajstić information content (AvgIpc) is 2.69. The van der Waals surface area contributed by atoms with Crippen molar-refractivity contribution in [1.29, 1.82) is 0 Å². The van der Waals surface area contributed by atoms with Gasteiger partial charge in [0.15, 0.2) is 17.0 Å². The Bertz CT molecular complexity index is 800. The van der Waals surface area contributed by atoms with Gasteiger partial charge in [-0.05, 0) is 30.4 Å². The van der Waals surface area contributed by atoms with Gasteiger partial charge in [0.2, 0.25) is 0 Å². The SMILES string of the molecule is C=c1[nH]c(=Cc2ccc(OC(C)=O)c(OC)c2)c(=O)o1. The van der Waals surface area contributed by atoms with E-state index in [-0.39, 0.29) is 10.9 Å². The number of benzene rings is 1. The fourth-order valence-electron chi connectivity index (χ4n) is 1.67. The van der Waals surface area contributed by atoms with Crippen LogP contribution < -0.4 is 26.0 Å². The second-order valence-electron chi connectivity index (χ2n) is 4.00. The lowest BCUT2D eigenvalue weighted by molar-refractivity contribution is -0.132. The van der Waals surface area contributed by atoms with E-state index in [4.69, 9.17) is 13.9 Å². The van der Waals surface area contributed by atoms with Gasteiger partial charge < -0.3 is 18.9 Å². The molecule has 1 aromatic carbocycles.